The number of hydrogen-bond donors (Lipinski definition) is 0. The van der Waals surface area contributed by atoms with Gasteiger partial charge in [-0.1, -0.05) is 36.4 Å². The van der Waals surface area contributed by atoms with Crippen LogP contribution in [0.15, 0.2) is 66.0 Å². The van der Waals surface area contributed by atoms with Crippen molar-refractivity contribution in [2.75, 3.05) is 18.1 Å². The van der Waals surface area contributed by atoms with Crippen LogP contribution in [0.25, 0.3) is 21.2 Å². The van der Waals surface area contributed by atoms with Crippen LogP contribution in [0.1, 0.15) is 67.2 Å². The second-order valence-corrected chi connectivity index (χ2v) is 15.2. The molecular formula is C35H36O6S2. The fourth-order valence-electron chi connectivity index (χ4n) is 6.53. The first-order valence-corrected chi connectivity index (χ1v) is 17.6. The van der Waals surface area contributed by atoms with Crippen molar-refractivity contribution in [2.24, 2.45) is 0 Å². The molecule has 4 aromatic rings. The number of sulfone groups is 1. The molecule has 6 nitrogen and oxygen atoms in total. The third-order valence-corrected chi connectivity index (χ3v) is 11.6. The summed E-state index contributed by atoms with van der Waals surface area (Å²) in [6.07, 6.45) is 2.33. The minimum absolute atomic E-state index is 0.167. The van der Waals surface area contributed by atoms with Gasteiger partial charge >= 0.3 is 5.97 Å². The highest BCUT2D eigenvalue weighted by Crippen LogP contribution is 2.45. The zero-order valence-corrected chi connectivity index (χ0v) is 26.2. The van der Waals surface area contributed by atoms with Crippen LogP contribution < -0.4 is 4.74 Å². The lowest BCUT2D eigenvalue weighted by Gasteiger charge is -2.40. The number of hydrogen-bond acceptors (Lipinski definition) is 7. The average molecular weight is 617 g/mol. The van der Waals surface area contributed by atoms with E-state index in [1.807, 2.05) is 24.3 Å². The lowest BCUT2D eigenvalue weighted by Crippen LogP contribution is -2.43. The van der Waals surface area contributed by atoms with Crippen LogP contribution >= 0.6 is 11.3 Å². The van der Waals surface area contributed by atoms with E-state index in [0.29, 0.717) is 44.8 Å². The molecular weight excluding hydrogens is 581 g/mol. The molecule has 2 aliphatic rings. The van der Waals surface area contributed by atoms with Gasteiger partial charge in [-0.3, -0.25) is 9.59 Å². The number of aryl methyl sites for hydroxylation is 1. The number of thiophene rings is 1. The predicted octanol–water partition coefficient (Wildman–Crippen LogP) is 7.30. The van der Waals surface area contributed by atoms with E-state index in [9.17, 15) is 18.0 Å². The van der Waals surface area contributed by atoms with Gasteiger partial charge < -0.3 is 9.47 Å². The second-order valence-electron chi connectivity index (χ2n) is 11.9. The summed E-state index contributed by atoms with van der Waals surface area (Å²) in [5.74, 6) is 1.48. The zero-order valence-electron chi connectivity index (χ0n) is 24.6. The predicted molar refractivity (Wildman–Crippen MR) is 171 cm³/mol. The molecule has 8 heteroatoms. The van der Waals surface area contributed by atoms with Crippen LogP contribution in [0.3, 0.4) is 0 Å². The molecule has 1 aromatic heterocycles. The maximum Gasteiger partial charge on any atom is 0.306 e. The van der Waals surface area contributed by atoms with E-state index in [-0.39, 0.29) is 29.7 Å². The highest BCUT2D eigenvalue weighted by molar-refractivity contribution is 7.91. The Bertz CT molecular complexity index is 1760. The molecule has 43 heavy (non-hydrogen) atoms. The first kappa shape index (κ1) is 29.6. The minimum atomic E-state index is -2.88. The summed E-state index contributed by atoms with van der Waals surface area (Å²) >= 11 is 1.73. The van der Waals surface area contributed by atoms with E-state index in [0.717, 1.165) is 16.9 Å². The molecule has 1 saturated heterocycles. The van der Waals surface area contributed by atoms with Gasteiger partial charge in [-0.15, -0.1) is 11.3 Å². The van der Waals surface area contributed by atoms with Crippen LogP contribution in [0.4, 0.5) is 0 Å². The number of fused-ring (bicyclic) bond motifs is 1. The molecule has 2 heterocycles. The van der Waals surface area contributed by atoms with Gasteiger partial charge in [0.1, 0.15) is 28.0 Å². The van der Waals surface area contributed by atoms with Crippen molar-refractivity contribution in [3.63, 3.8) is 0 Å². The summed E-state index contributed by atoms with van der Waals surface area (Å²) in [7, 11) is -2.88. The molecule has 0 atom stereocenters. The Hall–Kier alpha value is -3.49. The van der Waals surface area contributed by atoms with Crippen molar-refractivity contribution in [1.29, 1.82) is 0 Å². The van der Waals surface area contributed by atoms with Crippen molar-refractivity contribution < 1.29 is 27.5 Å². The van der Waals surface area contributed by atoms with Crippen LogP contribution in [-0.4, -0.2) is 38.3 Å². The van der Waals surface area contributed by atoms with Crippen molar-refractivity contribution in [1.82, 2.24) is 0 Å². The Morgan fingerprint density at radius 3 is 2.40 bits per heavy atom. The third kappa shape index (κ3) is 6.27. The van der Waals surface area contributed by atoms with Gasteiger partial charge in [0.05, 0.1) is 24.5 Å². The molecule has 1 aliphatic carbocycles. The molecule has 3 aromatic carbocycles. The Labute approximate surface area is 257 Å². The highest BCUT2D eigenvalue weighted by Gasteiger charge is 2.46. The molecule has 0 radical (unpaired) electrons. The normalized spacial score (nSPS) is 17.9. The molecule has 0 bridgehead atoms. The average Bonchev–Trinajstić information content (AvgIpc) is 3.38. The fraction of sp³-hybridized carbons (Fsp3) is 0.371. The zero-order chi connectivity index (χ0) is 30.2. The molecule has 0 unspecified atom stereocenters. The summed E-state index contributed by atoms with van der Waals surface area (Å²) in [5, 5.41) is 3.40. The summed E-state index contributed by atoms with van der Waals surface area (Å²) in [6.45, 7) is 4.67. The number of ether oxygens (including phenoxy) is 2. The first-order valence-electron chi connectivity index (χ1n) is 14.9. The molecule has 0 amide bonds. The van der Waals surface area contributed by atoms with E-state index >= 15 is 0 Å². The number of esters is 1. The SMILES string of the molecule is CCOC(=O)CC1(c2ccc(OCc3ccc4scc(-c5ccc(C6CCS(=O)(=O)CC6)cc5C)c4c3)cc2)CC(=O)C1. The number of carbonyl (C=O) groups is 2. The largest absolute Gasteiger partial charge is 0.489 e. The summed E-state index contributed by atoms with van der Waals surface area (Å²) in [5.41, 5.74) is 6.37. The van der Waals surface area contributed by atoms with Gasteiger partial charge in [0.2, 0.25) is 0 Å². The van der Waals surface area contributed by atoms with Gasteiger partial charge in [-0.05, 0) is 90.1 Å². The lowest BCUT2D eigenvalue weighted by atomic mass is 9.62. The molecule has 224 valence electrons. The number of carbonyl (C=O) groups excluding carboxylic acids is 2. The molecule has 0 spiro atoms. The Morgan fingerprint density at radius 1 is 0.977 bits per heavy atom. The van der Waals surface area contributed by atoms with E-state index in [1.54, 1.807) is 18.3 Å². The van der Waals surface area contributed by atoms with Gasteiger partial charge in [0.15, 0.2) is 0 Å². The molecule has 2 fully saturated rings. The Kier molecular flexibility index (Phi) is 8.18. The summed E-state index contributed by atoms with van der Waals surface area (Å²) < 4.78 is 36.3. The Balaban J connectivity index is 1.15. The number of rotatable bonds is 9. The van der Waals surface area contributed by atoms with Crippen LogP contribution in [-0.2, 0) is 36.2 Å². The Morgan fingerprint density at radius 2 is 1.72 bits per heavy atom. The van der Waals surface area contributed by atoms with Crippen molar-refractivity contribution in [3.05, 3.63) is 88.3 Å². The standard InChI is InChI=1S/C35H36O6S2/c1-3-40-34(37)20-35(18-28(36)19-35)27-6-8-29(9-7-27)41-21-24-4-11-33-31(17-24)32(22-42-33)30-10-5-26(16-23(30)2)25-12-14-43(38,39)15-13-25/h4-11,16-17,22,25H,3,12-15,18-21H2,1-2H3. The monoisotopic (exact) mass is 616 g/mol. The van der Waals surface area contributed by atoms with Gasteiger partial charge in [-0.25, -0.2) is 8.42 Å². The van der Waals surface area contributed by atoms with Gasteiger partial charge in [0.25, 0.3) is 0 Å². The van der Waals surface area contributed by atoms with Crippen LogP contribution in [0, 0.1) is 6.92 Å². The minimum Gasteiger partial charge on any atom is -0.489 e. The lowest BCUT2D eigenvalue weighted by molar-refractivity contribution is -0.147. The molecule has 1 aliphatic heterocycles. The maximum absolute atomic E-state index is 12.2. The van der Waals surface area contributed by atoms with E-state index in [2.05, 4.69) is 48.7 Å². The summed E-state index contributed by atoms with van der Waals surface area (Å²) in [6, 6.07) is 20.8. The third-order valence-electron chi connectivity index (χ3n) is 8.94. The van der Waals surface area contributed by atoms with E-state index in [4.69, 9.17) is 9.47 Å². The maximum atomic E-state index is 12.2. The van der Waals surface area contributed by atoms with Crippen molar-refractivity contribution >= 4 is 43.0 Å². The molecule has 0 N–H and O–H groups in total. The molecule has 1 saturated carbocycles. The summed E-state index contributed by atoms with van der Waals surface area (Å²) in [4.78, 5) is 24.1. The van der Waals surface area contributed by atoms with Gasteiger partial charge in [-0.2, -0.15) is 0 Å². The quantitative estimate of drug-likeness (QED) is 0.183. The van der Waals surface area contributed by atoms with Crippen LogP contribution in [0.2, 0.25) is 0 Å². The van der Waals surface area contributed by atoms with E-state index < -0.39 is 15.3 Å². The second kappa shape index (κ2) is 11.9. The smallest absolute Gasteiger partial charge is 0.306 e. The highest BCUT2D eigenvalue weighted by atomic mass is 32.2. The van der Waals surface area contributed by atoms with E-state index in [1.165, 1.54) is 32.3 Å². The topological polar surface area (TPSA) is 86.7 Å². The van der Waals surface area contributed by atoms with Crippen molar-refractivity contribution in [3.8, 4) is 16.9 Å². The first-order chi connectivity index (χ1) is 20.6. The number of benzene rings is 3. The van der Waals surface area contributed by atoms with Gasteiger partial charge in [0, 0.05) is 33.9 Å². The number of Topliss-reactive ketones (excluding diaryl/α,β-unsaturated/α-hetero) is 1. The molecule has 6 rings (SSSR count). The van der Waals surface area contributed by atoms with Crippen LogP contribution in [0.5, 0.6) is 5.75 Å². The number of ketones is 1. The fourth-order valence-corrected chi connectivity index (χ4v) is 8.97. The van der Waals surface area contributed by atoms with Crippen molar-refractivity contribution in [2.45, 2.75) is 63.9 Å².